The Bertz CT molecular complexity index is 815. The summed E-state index contributed by atoms with van der Waals surface area (Å²) in [6.07, 6.45) is 5.01. The van der Waals surface area contributed by atoms with Crippen LogP contribution in [0.3, 0.4) is 0 Å². The van der Waals surface area contributed by atoms with Gasteiger partial charge in [-0.1, -0.05) is 60.9 Å². The highest BCUT2D eigenvalue weighted by Gasteiger charge is 2.24. The highest BCUT2D eigenvalue weighted by molar-refractivity contribution is 7.91. The number of anilines is 1. The Balaban J connectivity index is 1.60. The van der Waals surface area contributed by atoms with Gasteiger partial charge in [0.1, 0.15) is 0 Å². The predicted octanol–water partition coefficient (Wildman–Crippen LogP) is 2.54. The van der Waals surface area contributed by atoms with E-state index in [0.717, 1.165) is 49.0 Å². The molecule has 1 aromatic heterocycles. The van der Waals surface area contributed by atoms with Crippen molar-refractivity contribution in [3.63, 3.8) is 0 Å². The van der Waals surface area contributed by atoms with Crippen molar-refractivity contribution in [1.82, 2.24) is 14.9 Å². The van der Waals surface area contributed by atoms with Crippen molar-refractivity contribution < 1.29 is 13.2 Å². The molecule has 2 aromatic rings. The second kappa shape index (κ2) is 8.03. The molecule has 0 bridgehead atoms. The molecule has 1 aliphatic carbocycles. The van der Waals surface area contributed by atoms with E-state index in [9.17, 15) is 13.2 Å². The lowest BCUT2D eigenvalue weighted by Gasteiger charge is -2.19. The maximum Gasteiger partial charge on any atom is 0.270 e. The summed E-state index contributed by atoms with van der Waals surface area (Å²) >= 11 is 0.863. The normalized spacial score (nSPS) is 15.8. The van der Waals surface area contributed by atoms with E-state index in [1.54, 1.807) is 0 Å². The van der Waals surface area contributed by atoms with Gasteiger partial charge in [0.25, 0.3) is 10.0 Å². The van der Waals surface area contributed by atoms with Gasteiger partial charge in [0.05, 0.1) is 0 Å². The second-order valence-corrected chi connectivity index (χ2v) is 8.93. The molecule has 25 heavy (non-hydrogen) atoms. The summed E-state index contributed by atoms with van der Waals surface area (Å²) in [5.74, 6) is -0.119. The van der Waals surface area contributed by atoms with Crippen LogP contribution in [0.2, 0.25) is 0 Å². The molecule has 0 unspecified atom stereocenters. The van der Waals surface area contributed by atoms with Crippen molar-refractivity contribution in [2.45, 2.75) is 43.0 Å². The molecule has 1 fully saturated rings. The minimum Gasteiger partial charge on any atom is -0.300 e. The fourth-order valence-electron chi connectivity index (χ4n) is 2.78. The molecule has 0 radical (unpaired) electrons. The molecule has 1 heterocycles. The number of carbonyl (C=O) groups is 1. The molecule has 7 nitrogen and oxygen atoms in total. The van der Waals surface area contributed by atoms with Crippen LogP contribution in [0.15, 0.2) is 34.7 Å². The van der Waals surface area contributed by atoms with Gasteiger partial charge < -0.3 is 5.32 Å². The predicted molar refractivity (Wildman–Crippen MR) is 95.6 cm³/mol. The summed E-state index contributed by atoms with van der Waals surface area (Å²) in [5, 5.41) is 10.4. The molecule has 0 aliphatic heterocycles. The Labute approximate surface area is 150 Å². The third-order valence-corrected chi connectivity index (χ3v) is 6.76. The first-order valence-electron chi connectivity index (χ1n) is 8.22. The number of nitrogens with zero attached hydrogens (tertiary/aromatic N) is 2. The highest BCUT2D eigenvalue weighted by Crippen LogP contribution is 2.26. The van der Waals surface area contributed by atoms with Gasteiger partial charge >= 0.3 is 0 Å². The zero-order chi connectivity index (χ0) is 17.7. The van der Waals surface area contributed by atoms with Crippen LogP contribution in [0, 0.1) is 5.92 Å². The topological polar surface area (TPSA) is 101 Å². The van der Waals surface area contributed by atoms with Gasteiger partial charge in [0, 0.05) is 12.5 Å². The van der Waals surface area contributed by atoms with Gasteiger partial charge in [-0.05, 0) is 18.4 Å². The molecule has 9 heteroatoms. The largest absolute Gasteiger partial charge is 0.300 e. The molecule has 1 aliphatic rings. The number of sulfonamides is 1. The Kier molecular flexibility index (Phi) is 5.77. The average molecular weight is 380 g/mol. The molecule has 1 saturated carbocycles. The summed E-state index contributed by atoms with van der Waals surface area (Å²) in [4.78, 5) is 12.2. The van der Waals surface area contributed by atoms with Crippen molar-refractivity contribution >= 4 is 32.4 Å². The summed E-state index contributed by atoms with van der Waals surface area (Å²) in [6.45, 7) is 0.173. The molecule has 3 rings (SSSR count). The molecule has 134 valence electrons. The lowest BCUT2D eigenvalue weighted by Crippen LogP contribution is -2.24. The fourth-order valence-corrected chi connectivity index (χ4v) is 4.74. The van der Waals surface area contributed by atoms with Crippen LogP contribution in [0.25, 0.3) is 0 Å². The number of nitrogens with one attached hydrogen (secondary N) is 2. The van der Waals surface area contributed by atoms with Crippen molar-refractivity contribution in [1.29, 1.82) is 0 Å². The first kappa shape index (κ1) is 18.0. The minimum absolute atomic E-state index is 0.0195. The first-order chi connectivity index (χ1) is 12.0. The maximum atomic E-state index is 12.3. The van der Waals surface area contributed by atoms with Gasteiger partial charge in [0.15, 0.2) is 0 Å². The van der Waals surface area contributed by atoms with Crippen LogP contribution in [0.5, 0.6) is 0 Å². The quantitative estimate of drug-likeness (QED) is 0.750. The molecule has 2 N–H and O–H groups in total. The van der Waals surface area contributed by atoms with E-state index in [1.807, 2.05) is 30.3 Å². The van der Waals surface area contributed by atoms with Crippen LogP contribution in [0.4, 0.5) is 5.13 Å². The standard InChI is InChI=1S/C16H20N4O3S2/c21-14(13-9-5-2-6-10-13)18-15-19-20-16(24-15)25(22,23)17-11-12-7-3-1-4-8-12/h1,3-4,7-8,13,17H,2,5-6,9-11H2,(H,18,19,21). The van der Waals surface area contributed by atoms with E-state index in [1.165, 1.54) is 0 Å². The molecular formula is C16H20N4O3S2. The van der Waals surface area contributed by atoms with Gasteiger partial charge in [-0.25, -0.2) is 13.1 Å². The van der Waals surface area contributed by atoms with E-state index in [0.29, 0.717) is 0 Å². The third kappa shape index (κ3) is 4.83. The lowest BCUT2D eigenvalue weighted by atomic mass is 9.89. The number of amides is 1. The fraction of sp³-hybridized carbons (Fsp3) is 0.438. The summed E-state index contributed by atoms with van der Waals surface area (Å²) in [7, 11) is -3.75. The number of carbonyl (C=O) groups excluding carboxylic acids is 1. The highest BCUT2D eigenvalue weighted by atomic mass is 32.2. The van der Waals surface area contributed by atoms with Gasteiger partial charge in [-0.15, -0.1) is 10.2 Å². The Morgan fingerprint density at radius 1 is 1.12 bits per heavy atom. The van der Waals surface area contributed by atoms with Crippen molar-refractivity contribution in [2.24, 2.45) is 5.92 Å². The molecule has 0 saturated heterocycles. The molecule has 1 amide bonds. The van der Waals surface area contributed by atoms with Crippen molar-refractivity contribution in [3.8, 4) is 0 Å². The van der Waals surface area contributed by atoms with Crippen LogP contribution in [-0.2, 0) is 21.4 Å². The third-order valence-electron chi connectivity index (χ3n) is 4.15. The van der Waals surface area contributed by atoms with Crippen LogP contribution < -0.4 is 10.0 Å². The van der Waals surface area contributed by atoms with E-state index >= 15 is 0 Å². The van der Waals surface area contributed by atoms with Crippen molar-refractivity contribution in [2.75, 3.05) is 5.32 Å². The SMILES string of the molecule is O=C(Nc1nnc(S(=O)(=O)NCc2ccccc2)s1)C1CCCCC1. The number of benzene rings is 1. The Morgan fingerprint density at radius 3 is 2.56 bits per heavy atom. The second-order valence-electron chi connectivity index (χ2n) is 6.01. The van der Waals surface area contributed by atoms with Crippen LogP contribution >= 0.6 is 11.3 Å². The van der Waals surface area contributed by atoms with Gasteiger partial charge in [-0.3, -0.25) is 4.79 Å². The number of hydrogen-bond acceptors (Lipinski definition) is 6. The Hall–Kier alpha value is -1.84. The van der Waals surface area contributed by atoms with E-state index in [4.69, 9.17) is 0 Å². The smallest absolute Gasteiger partial charge is 0.270 e. The number of hydrogen-bond donors (Lipinski definition) is 2. The minimum atomic E-state index is -3.75. The number of aromatic nitrogens is 2. The zero-order valence-electron chi connectivity index (χ0n) is 13.6. The first-order valence-corrected chi connectivity index (χ1v) is 10.5. The molecule has 0 spiro atoms. The monoisotopic (exact) mass is 380 g/mol. The molecular weight excluding hydrogens is 360 g/mol. The van der Waals surface area contributed by atoms with Gasteiger partial charge in [-0.2, -0.15) is 0 Å². The van der Waals surface area contributed by atoms with Gasteiger partial charge in [0.2, 0.25) is 15.4 Å². The molecule has 0 atom stereocenters. The summed E-state index contributed by atoms with van der Waals surface area (Å²) < 4.78 is 26.9. The average Bonchev–Trinajstić information content (AvgIpc) is 3.11. The van der Waals surface area contributed by atoms with Crippen molar-refractivity contribution in [3.05, 3.63) is 35.9 Å². The lowest BCUT2D eigenvalue weighted by molar-refractivity contribution is -0.120. The summed E-state index contributed by atoms with van der Waals surface area (Å²) in [6, 6.07) is 9.21. The van der Waals surface area contributed by atoms with Crippen LogP contribution in [-0.4, -0.2) is 24.5 Å². The molecule has 1 aromatic carbocycles. The summed E-state index contributed by atoms with van der Waals surface area (Å²) in [5.41, 5.74) is 0.849. The Morgan fingerprint density at radius 2 is 1.84 bits per heavy atom. The number of rotatable bonds is 6. The zero-order valence-corrected chi connectivity index (χ0v) is 15.3. The van der Waals surface area contributed by atoms with E-state index < -0.39 is 10.0 Å². The van der Waals surface area contributed by atoms with Crippen LogP contribution in [0.1, 0.15) is 37.7 Å². The van der Waals surface area contributed by atoms with E-state index in [2.05, 4.69) is 20.2 Å². The maximum absolute atomic E-state index is 12.3. The van der Waals surface area contributed by atoms with E-state index in [-0.39, 0.29) is 27.8 Å².